The highest BCUT2D eigenvalue weighted by Crippen LogP contribution is 2.55. The minimum atomic E-state index is -1.41. The maximum Gasteiger partial charge on any atom is 0.248 e. The minimum Gasteiger partial charge on any atom is -0.420 e. The van der Waals surface area contributed by atoms with Gasteiger partial charge in [-0.1, -0.05) is 48.9 Å². The number of hydrogen-bond donors (Lipinski definition) is 2. The van der Waals surface area contributed by atoms with Crippen molar-refractivity contribution in [3.8, 4) is 11.9 Å². The second kappa shape index (κ2) is 6.89. The van der Waals surface area contributed by atoms with Gasteiger partial charge in [0.1, 0.15) is 17.1 Å². The number of aromatic nitrogens is 2. The molecular formula is C23H18ClN5O2. The maximum atomic E-state index is 14.2. The molecule has 31 heavy (non-hydrogen) atoms. The van der Waals surface area contributed by atoms with Crippen molar-refractivity contribution in [2.24, 2.45) is 5.73 Å². The van der Waals surface area contributed by atoms with Crippen LogP contribution in [0.5, 0.6) is 5.88 Å². The first kappa shape index (κ1) is 19.2. The second-order valence-corrected chi connectivity index (χ2v) is 7.91. The summed E-state index contributed by atoms with van der Waals surface area (Å²) in [5.74, 6) is -0.144. The van der Waals surface area contributed by atoms with Crippen molar-refractivity contribution in [3.05, 3.63) is 87.4 Å². The van der Waals surface area contributed by atoms with Gasteiger partial charge in [0.25, 0.3) is 0 Å². The summed E-state index contributed by atoms with van der Waals surface area (Å²) in [6.45, 7) is 2.27. The third-order valence-corrected chi connectivity index (χ3v) is 6.15. The van der Waals surface area contributed by atoms with E-state index in [4.69, 9.17) is 22.1 Å². The molecule has 0 fully saturated rings. The van der Waals surface area contributed by atoms with Crippen LogP contribution in [0.3, 0.4) is 0 Å². The number of carbonyl (C=O) groups is 1. The van der Waals surface area contributed by atoms with E-state index in [1.807, 2.05) is 43.3 Å². The third kappa shape index (κ3) is 2.52. The van der Waals surface area contributed by atoms with Crippen LogP contribution in [0.25, 0.3) is 0 Å². The van der Waals surface area contributed by atoms with Crippen molar-refractivity contribution < 1.29 is 9.53 Å². The van der Waals surface area contributed by atoms with Crippen molar-refractivity contribution in [1.82, 2.24) is 10.2 Å². The van der Waals surface area contributed by atoms with Gasteiger partial charge in [-0.15, -0.1) is 5.10 Å². The van der Waals surface area contributed by atoms with Gasteiger partial charge in [-0.25, -0.2) is 0 Å². The van der Waals surface area contributed by atoms with Gasteiger partial charge in [-0.2, -0.15) is 5.26 Å². The lowest BCUT2D eigenvalue weighted by Crippen LogP contribution is -2.46. The van der Waals surface area contributed by atoms with Gasteiger partial charge in [0.15, 0.2) is 0 Å². The summed E-state index contributed by atoms with van der Waals surface area (Å²) in [4.78, 5) is 15.9. The van der Waals surface area contributed by atoms with Crippen LogP contribution in [0.1, 0.15) is 29.3 Å². The van der Waals surface area contributed by atoms with Gasteiger partial charge in [-0.3, -0.25) is 9.89 Å². The first-order valence-electron chi connectivity index (χ1n) is 9.84. The number of benzene rings is 2. The number of nitriles is 1. The fraction of sp³-hybridized carbons (Fsp3) is 0.174. The molecule has 154 valence electrons. The minimum absolute atomic E-state index is 0.0761. The molecule has 0 bridgehead atoms. The van der Waals surface area contributed by atoms with Crippen molar-refractivity contribution in [2.45, 2.75) is 25.3 Å². The molecule has 1 spiro atoms. The van der Waals surface area contributed by atoms with E-state index >= 15 is 0 Å². The van der Waals surface area contributed by atoms with E-state index in [2.05, 4.69) is 16.3 Å². The van der Waals surface area contributed by atoms with Crippen LogP contribution in [-0.4, -0.2) is 16.1 Å². The van der Waals surface area contributed by atoms with E-state index < -0.39 is 5.41 Å². The monoisotopic (exact) mass is 431 g/mol. The Balaban J connectivity index is 1.78. The van der Waals surface area contributed by atoms with Gasteiger partial charge in [0, 0.05) is 22.0 Å². The number of aryl methyl sites for hydroxylation is 1. The summed E-state index contributed by atoms with van der Waals surface area (Å²) in [6.07, 6.45) is 0.582. The zero-order valence-corrected chi connectivity index (χ0v) is 17.4. The molecule has 1 atom stereocenters. The second-order valence-electron chi connectivity index (χ2n) is 7.47. The van der Waals surface area contributed by atoms with Gasteiger partial charge in [0.05, 0.1) is 12.1 Å². The molecule has 2 aromatic carbocycles. The molecule has 0 radical (unpaired) electrons. The number of aromatic amines is 1. The molecule has 3 N–H and O–H groups in total. The third-order valence-electron chi connectivity index (χ3n) is 5.90. The summed E-state index contributed by atoms with van der Waals surface area (Å²) in [6, 6.07) is 17.0. The van der Waals surface area contributed by atoms with Crippen LogP contribution < -0.4 is 15.4 Å². The molecule has 0 unspecified atom stereocenters. The Morgan fingerprint density at radius 1 is 1.26 bits per heavy atom. The molecule has 0 saturated heterocycles. The lowest BCUT2D eigenvalue weighted by atomic mass is 9.69. The highest BCUT2D eigenvalue weighted by atomic mass is 35.5. The smallest absolute Gasteiger partial charge is 0.248 e. The number of nitrogens with one attached hydrogen (secondary N) is 1. The zero-order valence-electron chi connectivity index (χ0n) is 16.6. The Morgan fingerprint density at radius 3 is 2.71 bits per heavy atom. The van der Waals surface area contributed by atoms with Crippen molar-refractivity contribution in [3.63, 3.8) is 0 Å². The standard InChI is InChI=1S/C23H18ClN5O2/c1-2-17-19-21(28-27-17)31-20(26)16(11-25)23(19)15-5-3-4-6-18(15)29(22(23)30)12-13-7-9-14(24)10-8-13/h3-10H,2,12,26H2,1H3,(H,27,28)/t23-/m1/s1. The Bertz CT molecular complexity index is 1290. The zero-order chi connectivity index (χ0) is 21.8. The van der Waals surface area contributed by atoms with Crippen molar-refractivity contribution >= 4 is 23.2 Å². The highest BCUT2D eigenvalue weighted by Gasteiger charge is 2.60. The number of ether oxygens (including phenoxy) is 1. The lowest BCUT2D eigenvalue weighted by molar-refractivity contribution is -0.121. The molecule has 7 nitrogen and oxygen atoms in total. The molecule has 2 aliphatic heterocycles. The van der Waals surface area contributed by atoms with E-state index in [-0.39, 0.29) is 23.2 Å². The van der Waals surface area contributed by atoms with Gasteiger partial charge >= 0.3 is 0 Å². The van der Waals surface area contributed by atoms with E-state index in [9.17, 15) is 10.1 Å². The Labute approximate surface area is 183 Å². The van der Waals surface area contributed by atoms with E-state index in [1.54, 1.807) is 17.0 Å². The Hall–Kier alpha value is -3.76. The SMILES string of the molecule is CCc1[nH]nc2c1[C@]1(C(=O)N(Cc3ccc(Cl)cc3)c3ccccc31)C(C#N)=C(N)O2. The van der Waals surface area contributed by atoms with Crippen LogP contribution in [0.2, 0.25) is 5.02 Å². The lowest BCUT2D eigenvalue weighted by Gasteiger charge is -2.32. The fourth-order valence-electron chi connectivity index (χ4n) is 4.55. The Morgan fingerprint density at radius 2 is 2.00 bits per heavy atom. The fourth-order valence-corrected chi connectivity index (χ4v) is 4.67. The van der Waals surface area contributed by atoms with Gasteiger partial charge in [0.2, 0.25) is 17.7 Å². The number of H-pyrrole nitrogens is 1. The quantitative estimate of drug-likeness (QED) is 0.659. The molecule has 5 rings (SSSR count). The Kier molecular flexibility index (Phi) is 4.27. The molecule has 1 aromatic heterocycles. The van der Waals surface area contributed by atoms with Crippen LogP contribution >= 0.6 is 11.6 Å². The number of rotatable bonds is 3. The number of para-hydroxylation sites is 1. The summed E-state index contributed by atoms with van der Waals surface area (Å²) in [7, 11) is 0. The summed E-state index contributed by atoms with van der Waals surface area (Å²) >= 11 is 6.02. The molecule has 8 heteroatoms. The first-order chi connectivity index (χ1) is 15.0. The number of carbonyl (C=O) groups excluding carboxylic acids is 1. The average Bonchev–Trinajstić information content (AvgIpc) is 3.29. The maximum absolute atomic E-state index is 14.2. The average molecular weight is 432 g/mol. The van der Waals surface area contributed by atoms with E-state index in [0.29, 0.717) is 29.1 Å². The van der Waals surface area contributed by atoms with Gasteiger partial charge in [-0.05, 0) is 30.2 Å². The first-order valence-corrected chi connectivity index (χ1v) is 10.2. The summed E-state index contributed by atoms with van der Waals surface area (Å²) in [5, 5.41) is 17.9. The summed E-state index contributed by atoms with van der Waals surface area (Å²) < 4.78 is 5.64. The molecule has 3 aromatic rings. The highest BCUT2D eigenvalue weighted by molar-refractivity contribution is 6.30. The number of nitrogens with zero attached hydrogens (tertiary/aromatic N) is 3. The predicted molar refractivity (Wildman–Crippen MR) is 115 cm³/mol. The topological polar surface area (TPSA) is 108 Å². The molecule has 2 aliphatic rings. The van der Waals surface area contributed by atoms with Crippen LogP contribution in [-0.2, 0) is 23.2 Å². The number of nitrogens with two attached hydrogens (primary N) is 1. The number of amides is 1. The number of hydrogen-bond acceptors (Lipinski definition) is 5. The largest absolute Gasteiger partial charge is 0.420 e. The van der Waals surface area contributed by atoms with E-state index in [1.165, 1.54) is 0 Å². The number of anilines is 1. The molecule has 1 amide bonds. The van der Waals surface area contributed by atoms with E-state index in [0.717, 1.165) is 16.9 Å². The van der Waals surface area contributed by atoms with Crippen LogP contribution in [0.15, 0.2) is 60.0 Å². The van der Waals surface area contributed by atoms with Crippen LogP contribution in [0.4, 0.5) is 5.69 Å². The predicted octanol–water partition coefficient (Wildman–Crippen LogP) is 3.54. The summed E-state index contributed by atoms with van der Waals surface area (Å²) in [5.41, 5.74) is 8.41. The molecule has 3 heterocycles. The van der Waals surface area contributed by atoms with Crippen molar-refractivity contribution in [1.29, 1.82) is 5.26 Å². The number of halogens is 1. The molecular weight excluding hydrogens is 414 g/mol. The molecule has 0 aliphatic carbocycles. The number of fused-ring (bicyclic) bond motifs is 4. The van der Waals surface area contributed by atoms with Gasteiger partial charge < -0.3 is 15.4 Å². The van der Waals surface area contributed by atoms with Crippen molar-refractivity contribution in [2.75, 3.05) is 4.90 Å². The van der Waals surface area contributed by atoms with Crippen LogP contribution in [0, 0.1) is 11.3 Å². The normalized spacial score (nSPS) is 19.3. The molecule has 0 saturated carbocycles.